The van der Waals surface area contributed by atoms with E-state index >= 15 is 0 Å². The molecule has 1 atom stereocenters. The minimum Gasteiger partial charge on any atom is -0.494 e. The summed E-state index contributed by atoms with van der Waals surface area (Å²) in [4.78, 5) is 0. The molecule has 2 heteroatoms. The summed E-state index contributed by atoms with van der Waals surface area (Å²) in [5.41, 5.74) is 1.18. The number of benzene rings is 1. The van der Waals surface area contributed by atoms with E-state index in [2.05, 4.69) is 0 Å². The average Bonchev–Trinajstić information content (AvgIpc) is 2.17. The van der Waals surface area contributed by atoms with Gasteiger partial charge in [-0.25, -0.2) is 0 Å². The SMILES string of the molecule is CCOc1ccccc1CCC(C)O. The third-order valence-electron chi connectivity index (χ3n) is 2.10. The Hall–Kier alpha value is -1.02. The Morgan fingerprint density at radius 2 is 2.07 bits per heavy atom. The van der Waals surface area contributed by atoms with Crippen molar-refractivity contribution in [3.63, 3.8) is 0 Å². The molecule has 1 aromatic rings. The van der Waals surface area contributed by atoms with Gasteiger partial charge in [-0.1, -0.05) is 18.2 Å². The van der Waals surface area contributed by atoms with Crippen molar-refractivity contribution in [2.45, 2.75) is 32.8 Å². The standard InChI is InChI=1S/C12H18O2/c1-3-14-12-7-5-4-6-11(12)9-8-10(2)13/h4-7,10,13H,3,8-9H2,1-2H3. The lowest BCUT2D eigenvalue weighted by Crippen LogP contribution is -2.03. The summed E-state index contributed by atoms with van der Waals surface area (Å²) in [5.74, 6) is 0.940. The molecule has 0 aliphatic carbocycles. The second-order valence-corrected chi connectivity index (χ2v) is 3.43. The van der Waals surface area contributed by atoms with E-state index in [1.807, 2.05) is 38.1 Å². The first-order valence-electron chi connectivity index (χ1n) is 5.12. The van der Waals surface area contributed by atoms with Gasteiger partial charge >= 0.3 is 0 Å². The smallest absolute Gasteiger partial charge is 0.122 e. The van der Waals surface area contributed by atoms with Crippen molar-refractivity contribution in [2.24, 2.45) is 0 Å². The molecule has 0 amide bonds. The van der Waals surface area contributed by atoms with Crippen LogP contribution in [-0.2, 0) is 6.42 Å². The first kappa shape index (κ1) is 11.1. The van der Waals surface area contributed by atoms with Gasteiger partial charge in [0.15, 0.2) is 0 Å². The molecule has 0 bridgehead atoms. The van der Waals surface area contributed by atoms with Crippen molar-refractivity contribution >= 4 is 0 Å². The third-order valence-corrected chi connectivity index (χ3v) is 2.10. The van der Waals surface area contributed by atoms with Gasteiger partial charge in [0.2, 0.25) is 0 Å². The third kappa shape index (κ3) is 3.38. The number of rotatable bonds is 5. The zero-order valence-electron chi connectivity index (χ0n) is 8.86. The van der Waals surface area contributed by atoms with E-state index in [0.717, 1.165) is 18.6 Å². The van der Waals surface area contributed by atoms with Crippen molar-refractivity contribution in [3.8, 4) is 5.75 Å². The van der Waals surface area contributed by atoms with Crippen LogP contribution in [0, 0.1) is 0 Å². The molecular formula is C12H18O2. The van der Waals surface area contributed by atoms with Crippen molar-refractivity contribution in [1.82, 2.24) is 0 Å². The Morgan fingerprint density at radius 1 is 1.36 bits per heavy atom. The van der Waals surface area contributed by atoms with Crippen molar-refractivity contribution < 1.29 is 9.84 Å². The van der Waals surface area contributed by atoms with E-state index in [1.54, 1.807) is 0 Å². The number of ether oxygens (including phenoxy) is 1. The lowest BCUT2D eigenvalue weighted by Gasteiger charge is -2.10. The molecule has 0 saturated heterocycles. The molecule has 0 spiro atoms. The van der Waals surface area contributed by atoms with Crippen LogP contribution in [0.25, 0.3) is 0 Å². The van der Waals surface area contributed by atoms with Crippen molar-refractivity contribution in [2.75, 3.05) is 6.61 Å². The molecule has 14 heavy (non-hydrogen) atoms. The van der Waals surface area contributed by atoms with Crippen LogP contribution in [0.2, 0.25) is 0 Å². The van der Waals surface area contributed by atoms with Gasteiger partial charge in [-0.2, -0.15) is 0 Å². The highest BCUT2D eigenvalue weighted by Gasteiger charge is 2.03. The molecule has 1 unspecified atom stereocenters. The number of hydrogen-bond acceptors (Lipinski definition) is 2. The van der Waals surface area contributed by atoms with E-state index in [-0.39, 0.29) is 6.10 Å². The Bertz CT molecular complexity index is 269. The zero-order valence-corrected chi connectivity index (χ0v) is 8.86. The van der Waals surface area contributed by atoms with Crippen LogP contribution in [0.5, 0.6) is 5.75 Å². The van der Waals surface area contributed by atoms with E-state index in [0.29, 0.717) is 6.61 Å². The molecule has 1 N–H and O–H groups in total. The van der Waals surface area contributed by atoms with Crippen molar-refractivity contribution in [1.29, 1.82) is 0 Å². The molecule has 0 radical (unpaired) electrons. The highest BCUT2D eigenvalue weighted by Crippen LogP contribution is 2.19. The fourth-order valence-corrected chi connectivity index (χ4v) is 1.37. The van der Waals surface area contributed by atoms with E-state index in [4.69, 9.17) is 4.74 Å². The van der Waals surface area contributed by atoms with Crippen LogP contribution >= 0.6 is 0 Å². The average molecular weight is 194 g/mol. The molecule has 1 aromatic carbocycles. The van der Waals surface area contributed by atoms with Gasteiger partial charge in [-0.15, -0.1) is 0 Å². The maximum absolute atomic E-state index is 9.19. The Kier molecular flexibility index (Phi) is 4.47. The largest absolute Gasteiger partial charge is 0.494 e. The normalized spacial score (nSPS) is 12.5. The number of para-hydroxylation sites is 1. The van der Waals surface area contributed by atoms with Crippen LogP contribution in [0.1, 0.15) is 25.8 Å². The number of aliphatic hydroxyl groups excluding tert-OH is 1. The van der Waals surface area contributed by atoms with E-state index in [9.17, 15) is 5.11 Å². The second kappa shape index (κ2) is 5.66. The molecule has 0 fully saturated rings. The Labute approximate surface area is 85.5 Å². The molecule has 0 aliphatic rings. The van der Waals surface area contributed by atoms with Gasteiger partial charge < -0.3 is 9.84 Å². The summed E-state index contributed by atoms with van der Waals surface area (Å²) < 4.78 is 5.49. The Morgan fingerprint density at radius 3 is 2.71 bits per heavy atom. The highest BCUT2D eigenvalue weighted by molar-refractivity contribution is 5.33. The predicted molar refractivity (Wildman–Crippen MR) is 57.6 cm³/mol. The quantitative estimate of drug-likeness (QED) is 0.780. The zero-order chi connectivity index (χ0) is 10.4. The van der Waals surface area contributed by atoms with Gasteiger partial charge in [0.25, 0.3) is 0 Å². The molecule has 0 aromatic heterocycles. The molecule has 0 aliphatic heterocycles. The molecule has 2 nitrogen and oxygen atoms in total. The van der Waals surface area contributed by atoms with Crippen molar-refractivity contribution in [3.05, 3.63) is 29.8 Å². The topological polar surface area (TPSA) is 29.5 Å². The van der Waals surface area contributed by atoms with Crippen LogP contribution in [0.4, 0.5) is 0 Å². The first-order valence-corrected chi connectivity index (χ1v) is 5.12. The lowest BCUT2D eigenvalue weighted by atomic mass is 10.1. The van der Waals surface area contributed by atoms with Gasteiger partial charge in [0.1, 0.15) is 5.75 Å². The number of hydrogen-bond donors (Lipinski definition) is 1. The van der Waals surface area contributed by atoms with Crippen LogP contribution in [0.3, 0.4) is 0 Å². The maximum Gasteiger partial charge on any atom is 0.122 e. The summed E-state index contributed by atoms with van der Waals surface area (Å²) >= 11 is 0. The van der Waals surface area contributed by atoms with Gasteiger partial charge in [0.05, 0.1) is 12.7 Å². The predicted octanol–water partition coefficient (Wildman–Crippen LogP) is 2.40. The number of aryl methyl sites for hydroxylation is 1. The fraction of sp³-hybridized carbons (Fsp3) is 0.500. The molecule has 0 heterocycles. The van der Waals surface area contributed by atoms with E-state index in [1.165, 1.54) is 5.56 Å². The lowest BCUT2D eigenvalue weighted by molar-refractivity contribution is 0.184. The van der Waals surface area contributed by atoms with E-state index < -0.39 is 0 Å². The first-order chi connectivity index (χ1) is 6.74. The highest BCUT2D eigenvalue weighted by atomic mass is 16.5. The molecule has 78 valence electrons. The second-order valence-electron chi connectivity index (χ2n) is 3.43. The molecule has 1 rings (SSSR count). The number of aliphatic hydroxyl groups is 1. The van der Waals surface area contributed by atoms with Crippen LogP contribution < -0.4 is 4.74 Å². The van der Waals surface area contributed by atoms with Gasteiger partial charge in [-0.3, -0.25) is 0 Å². The minimum atomic E-state index is -0.246. The molecular weight excluding hydrogens is 176 g/mol. The maximum atomic E-state index is 9.19. The summed E-state index contributed by atoms with van der Waals surface area (Å²) in [6, 6.07) is 7.99. The van der Waals surface area contributed by atoms with Gasteiger partial charge in [0, 0.05) is 0 Å². The summed E-state index contributed by atoms with van der Waals surface area (Å²) in [5, 5.41) is 9.19. The Balaban J connectivity index is 2.64. The summed E-state index contributed by atoms with van der Waals surface area (Å²) in [6.07, 6.45) is 1.41. The minimum absolute atomic E-state index is 0.246. The summed E-state index contributed by atoms with van der Waals surface area (Å²) in [6.45, 7) is 4.47. The fourth-order valence-electron chi connectivity index (χ4n) is 1.37. The van der Waals surface area contributed by atoms with Crippen LogP contribution in [0.15, 0.2) is 24.3 Å². The van der Waals surface area contributed by atoms with Gasteiger partial charge in [-0.05, 0) is 38.3 Å². The monoisotopic (exact) mass is 194 g/mol. The summed E-state index contributed by atoms with van der Waals surface area (Å²) in [7, 11) is 0. The van der Waals surface area contributed by atoms with Crippen LogP contribution in [-0.4, -0.2) is 17.8 Å². The molecule has 0 saturated carbocycles.